The van der Waals surface area contributed by atoms with Crippen molar-refractivity contribution in [1.29, 1.82) is 0 Å². The third kappa shape index (κ3) is 5.76. The number of carbonyl (C=O) groups excluding carboxylic acids is 1. The second-order valence-electron chi connectivity index (χ2n) is 5.72. The maximum Gasteiger partial charge on any atom is 0.251 e. The van der Waals surface area contributed by atoms with E-state index >= 15 is 0 Å². The van der Waals surface area contributed by atoms with Crippen LogP contribution in [0.3, 0.4) is 0 Å². The minimum Gasteiger partial charge on any atom is -0.370 e. The molecule has 0 spiro atoms. The molecule has 0 bridgehead atoms. The molecule has 1 aromatic rings. The molecule has 1 aromatic carbocycles. The van der Waals surface area contributed by atoms with Gasteiger partial charge in [-0.1, -0.05) is 37.5 Å². The van der Waals surface area contributed by atoms with E-state index in [2.05, 4.69) is 15.6 Å². The Morgan fingerprint density at radius 1 is 1.18 bits per heavy atom. The number of nitrogens with zero attached hydrogens (tertiary/aromatic N) is 1. The fourth-order valence-corrected chi connectivity index (χ4v) is 2.67. The van der Waals surface area contributed by atoms with E-state index in [-0.39, 0.29) is 5.91 Å². The van der Waals surface area contributed by atoms with E-state index in [1.165, 1.54) is 32.1 Å². The van der Waals surface area contributed by atoms with Crippen LogP contribution in [-0.4, -0.2) is 31.0 Å². The summed E-state index contributed by atoms with van der Waals surface area (Å²) >= 11 is 0. The zero-order valence-electron chi connectivity index (χ0n) is 13.1. The fourth-order valence-electron chi connectivity index (χ4n) is 2.67. The number of benzene rings is 1. The van der Waals surface area contributed by atoms with E-state index in [4.69, 9.17) is 5.73 Å². The lowest BCUT2D eigenvalue weighted by Gasteiger charge is -2.23. The Balaban J connectivity index is 1.60. The first-order valence-corrected chi connectivity index (χ1v) is 8.15. The first kappa shape index (κ1) is 16.3. The van der Waals surface area contributed by atoms with E-state index in [0.29, 0.717) is 30.7 Å². The van der Waals surface area contributed by atoms with Crippen molar-refractivity contribution in [2.45, 2.75) is 44.6 Å². The molecule has 0 saturated heterocycles. The molecule has 4 N–H and O–H groups in total. The van der Waals surface area contributed by atoms with Crippen molar-refractivity contribution < 1.29 is 4.79 Å². The summed E-state index contributed by atoms with van der Waals surface area (Å²) in [5.74, 6) is 0.485. The van der Waals surface area contributed by atoms with E-state index in [0.717, 1.165) is 6.42 Å². The molecule has 0 aromatic heterocycles. The van der Waals surface area contributed by atoms with Crippen LogP contribution in [0.5, 0.6) is 0 Å². The standard InChI is InChI=1S/C17H26N4O/c18-17(21-15-10-5-2-6-11-15)20-13-7-12-19-16(22)14-8-3-1-4-9-14/h1,3-4,8-9,15H,2,5-7,10-13H2,(H,19,22)(H3,18,20,21). The van der Waals surface area contributed by atoms with Gasteiger partial charge < -0.3 is 16.4 Å². The molecule has 0 heterocycles. The molecule has 5 nitrogen and oxygen atoms in total. The van der Waals surface area contributed by atoms with Gasteiger partial charge in [-0.15, -0.1) is 0 Å². The Morgan fingerprint density at radius 2 is 1.91 bits per heavy atom. The largest absolute Gasteiger partial charge is 0.370 e. The number of hydrogen-bond donors (Lipinski definition) is 3. The van der Waals surface area contributed by atoms with Gasteiger partial charge in [0.1, 0.15) is 0 Å². The lowest BCUT2D eigenvalue weighted by atomic mass is 9.96. The number of rotatable bonds is 6. The smallest absolute Gasteiger partial charge is 0.251 e. The Kier molecular flexibility index (Phi) is 6.74. The van der Waals surface area contributed by atoms with Gasteiger partial charge >= 0.3 is 0 Å². The second kappa shape index (κ2) is 9.07. The highest BCUT2D eigenvalue weighted by molar-refractivity contribution is 5.94. The monoisotopic (exact) mass is 302 g/mol. The molecule has 1 amide bonds. The van der Waals surface area contributed by atoms with Crippen molar-refractivity contribution in [3.8, 4) is 0 Å². The molecule has 0 atom stereocenters. The number of nitrogens with one attached hydrogen (secondary N) is 2. The molecule has 22 heavy (non-hydrogen) atoms. The number of nitrogens with two attached hydrogens (primary N) is 1. The molecule has 1 fully saturated rings. The highest BCUT2D eigenvalue weighted by Gasteiger charge is 2.13. The topological polar surface area (TPSA) is 79.5 Å². The van der Waals surface area contributed by atoms with Gasteiger partial charge in [0.15, 0.2) is 5.96 Å². The lowest BCUT2D eigenvalue weighted by molar-refractivity contribution is 0.0953. The van der Waals surface area contributed by atoms with E-state index < -0.39 is 0 Å². The summed E-state index contributed by atoms with van der Waals surface area (Å²) < 4.78 is 0. The van der Waals surface area contributed by atoms with Gasteiger partial charge in [0.2, 0.25) is 0 Å². The summed E-state index contributed by atoms with van der Waals surface area (Å²) in [5, 5.41) is 6.17. The molecule has 1 saturated carbocycles. The molecule has 0 unspecified atom stereocenters. The minimum absolute atomic E-state index is 0.0436. The van der Waals surface area contributed by atoms with Crippen LogP contribution < -0.4 is 16.4 Å². The molecular formula is C17H26N4O. The van der Waals surface area contributed by atoms with Crippen molar-refractivity contribution in [3.05, 3.63) is 35.9 Å². The van der Waals surface area contributed by atoms with Crippen molar-refractivity contribution in [2.24, 2.45) is 10.7 Å². The van der Waals surface area contributed by atoms with Crippen molar-refractivity contribution >= 4 is 11.9 Å². The predicted octanol–water partition coefficient (Wildman–Crippen LogP) is 2.04. The third-order valence-electron chi connectivity index (χ3n) is 3.90. The zero-order valence-corrected chi connectivity index (χ0v) is 13.1. The van der Waals surface area contributed by atoms with E-state index in [9.17, 15) is 4.79 Å². The Labute approximate surface area is 132 Å². The molecular weight excluding hydrogens is 276 g/mol. The Morgan fingerprint density at radius 3 is 2.64 bits per heavy atom. The second-order valence-corrected chi connectivity index (χ2v) is 5.72. The summed E-state index contributed by atoms with van der Waals surface area (Å²) in [6.45, 7) is 1.23. The van der Waals surface area contributed by atoms with Crippen molar-refractivity contribution in [2.75, 3.05) is 13.1 Å². The number of amides is 1. The quantitative estimate of drug-likeness (QED) is 0.427. The third-order valence-corrected chi connectivity index (χ3v) is 3.90. The predicted molar refractivity (Wildman–Crippen MR) is 89.9 cm³/mol. The van der Waals surface area contributed by atoms with E-state index in [1.807, 2.05) is 18.2 Å². The van der Waals surface area contributed by atoms with Gasteiger partial charge in [-0.2, -0.15) is 0 Å². The molecule has 0 aliphatic heterocycles. The van der Waals surface area contributed by atoms with Gasteiger partial charge in [0.25, 0.3) is 5.91 Å². The van der Waals surface area contributed by atoms with Crippen LogP contribution in [0, 0.1) is 0 Å². The molecule has 1 aliphatic carbocycles. The van der Waals surface area contributed by atoms with Crippen LogP contribution in [0.25, 0.3) is 0 Å². The first-order chi connectivity index (χ1) is 10.8. The number of carbonyl (C=O) groups is 1. The van der Waals surface area contributed by atoms with Crippen LogP contribution in [0.4, 0.5) is 0 Å². The van der Waals surface area contributed by atoms with Crippen molar-refractivity contribution in [3.63, 3.8) is 0 Å². The minimum atomic E-state index is -0.0436. The van der Waals surface area contributed by atoms with Crippen LogP contribution in [0.15, 0.2) is 35.3 Å². The van der Waals surface area contributed by atoms with Crippen LogP contribution >= 0.6 is 0 Å². The number of aliphatic imine (C=N–C) groups is 1. The normalized spacial score (nSPS) is 16.3. The summed E-state index contributed by atoms with van der Waals surface area (Å²) in [6, 6.07) is 9.70. The van der Waals surface area contributed by atoms with Crippen LogP contribution in [0.2, 0.25) is 0 Å². The van der Waals surface area contributed by atoms with Crippen LogP contribution in [0.1, 0.15) is 48.9 Å². The van der Waals surface area contributed by atoms with Gasteiger partial charge in [-0.3, -0.25) is 9.79 Å². The first-order valence-electron chi connectivity index (χ1n) is 8.15. The highest BCUT2D eigenvalue weighted by atomic mass is 16.1. The molecule has 5 heteroatoms. The number of hydrogen-bond acceptors (Lipinski definition) is 2. The maximum absolute atomic E-state index is 11.8. The van der Waals surface area contributed by atoms with Gasteiger partial charge in [0.05, 0.1) is 0 Å². The summed E-state index contributed by atoms with van der Waals surface area (Å²) in [4.78, 5) is 16.1. The highest BCUT2D eigenvalue weighted by Crippen LogP contribution is 2.16. The van der Waals surface area contributed by atoms with Gasteiger partial charge in [-0.25, -0.2) is 0 Å². The number of guanidine groups is 1. The fraction of sp³-hybridized carbons (Fsp3) is 0.529. The van der Waals surface area contributed by atoms with Crippen molar-refractivity contribution in [1.82, 2.24) is 10.6 Å². The summed E-state index contributed by atoms with van der Waals surface area (Å²) in [7, 11) is 0. The molecule has 1 aliphatic rings. The summed E-state index contributed by atoms with van der Waals surface area (Å²) in [6.07, 6.45) is 7.03. The zero-order chi connectivity index (χ0) is 15.6. The maximum atomic E-state index is 11.8. The van der Waals surface area contributed by atoms with Gasteiger partial charge in [-0.05, 0) is 31.4 Å². The Hall–Kier alpha value is -2.04. The Bertz CT molecular complexity index is 481. The molecule has 2 rings (SSSR count). The van der Waals surface area contributed by atoms with Gasteiger partial charge in [0, 0.05) is 24.7 Å². The van der Waals surface area contributed by atoms with E-state index in [1.54, 1.807) is 12.1 Å². The SMILES string of the molecule is NC(=NCCCNC(=O)c1ccccc1)NC1CCCCC1. The molecule has 0 radical (unpaired) electrons. The lowest BCUT2D eigenvalue weighted by Crippen LogP contribution is -2.41. The average Bonchev–Trinajstić information content (AvgIpc) is 2.56. The molecule has 120 valence electrons. The van der Waals surface area contributed by atoms with Crippen LogP contribution in [-0.2, 0) is 0 Å². The average molecular weight is 302 g/mol. The summed E-state index contributed by atoms with van der Waals surface area (Å²) in [5.41, 5.74) is 6.57.